The molecule has 0 radical (unpaired) electrons. The molecular weight excluding hydrogens is 532 g/mol. The smallest absolute Gasteiger partial charge is 0.309 e. The summed E-state index contributed by atoms with van der Waals surface area (Å²) in [5, 5.41) is 31.6. The molecule has 0 bridgehead atoms. The number of ether oxygens (including phenoxy) is 2. The third-order valence-electron chi connectivity index (χ3n) is 9.35. The molecule has 0 saturated carbocycles. The summed E-state index contributed by atoms with van der Waals surface area (Å²) in [5.41, 5.74) is 0. The summed E-state index contributed by atoms with van der Waals surface area (Å²) < 4.78 is 11.4. The third kappa shape index (κ3) is 16.2. The van der Waals surface area contributed by atoms with E-state index in [2.05, 4.69) is 6.92 Å². The fourth-order valence-electron chi connectivity index (χ4n) is 6.67. The number of hydrogen-bond donors (Lipinski definition) is 3. The first-order valence-corrected chi connectivity index (χ1v) is 17.7. The SMILES string of the molecule is CCCCCCCCCCCC[C@@H](O)[C@H]1CC[C@H]([C@@H](O)CC[C@H](O)CCCCCCC[C@@H]2C[C@@H](CC(C)=O)C(=O)O2)O1. The monoisotopic (exact) mass is 596 g/mol. The number of cyclic esters (lactones) is 1. The topological polar surface area (TPSA) is 113 Å². The van der Waals surface area contributed by atoms with Gasteiger partial charge in [-0.3, -0.25) is 4.79 Å². The lowest BCUT2D eigenvalue weighted by Crippen LogP contribution is -2.31. The minimum Gasteiger partial charge on any atom is -0.462 e. The van der Waals surface area contributed by atoms with E-state index >= 15 is 0 Å². The Morgan fingerprint density at radius 1 is 0.738 bits per heavy atom. The Labute approximate surface area is 256 Å². The normalized spacial score (nSPS) is 24.5. The molecule has 0 aromatic carbocycles. The number of carbonyl (C=O) groups is 2. The van der Waals surface area contributed by atoms with Crippen molar-refractivity contribution in [1.82, 2.24) is 0 Å². The van der Waals surface area contributed by atoms with E-state index in [4.69, 9.17) is 9.47 Å². The zero-order chi connectivity index (χ0) is 30.6. The van der Waals surface area contributed by atoms with Crippen molar-refractivity contribution >= 4 is 11.8 Å². The first-order valence-electron chi connectivity index (χ1n) is 17.7. The summed E-state index contributed by atoms with van der Waals surface area (Å²) in [6.45, 7) is 3.77. The van der Waals surface area contributed by atoms with Gasteiger partial charge >= 0.3 is 5.97 Å². The van der Waals surface area contributed by atoms with E-state index in [-0.39, 0.29) is 36.0 Å². The van der Waals surface area contributed by atoms with Crippen molar-refractivity contribution in [2.24, 2.45) is 5.92 Å². The summed E-state index contributed by atoms with van der Waals surface area (Å²) in [6.07, 6.45) is 22.2. The molecular formula is C35H64O7. The van der Waals surface area contributed by atoms with Crippen molar-refractivity contribution in [3.63, 3.8) is 0 Å². The molecule has 42 heavy (non-hydrogen) atoms. The second-order valence-electron chi connectivity index (χ2n) is 13.4. The lowest BCUT2D eigenvalue weighted by atomic mass is 9.96. The van der Waals surface area contributed by atoms with Crippen LogP contribution in [0.3, 0.4) is 0 Å². The first-order chi connectivity index (χ1) is 20.3. The van der Waals surface area contributed by atoms with Crippen LogP contribution in [0.15, 0.2) is 0 Å². The average Bonchev–Trinajstić information content (AvgIpc) is 3.59. The molecule has 0 unspecified atom stereocenters. The van der Waals surface area contributed by atoms with Crippen LogP contribution in [0.4, 0.5) is 0 Å². The van der Waals surface area contributed by atoms with Gasteiger partial charge in [0.25, 0.3) is 0 Å². The highest BCUT2D eigenvalue weighted by Crippen LogP contribution is 2.29. The number of carbonyl (C=O) groups excluding carboxylic acids is 2. The van der Waals surface area contributed by atoms with Crippen LogP contribution in [0, 0.1) is 5.92 Å². The summed E-state index contributed by atoms with van der Waals surface area (Å²) in [4.78, 5) is 23.1. The number of aliphatic hydroxyl groups excluding tert-OH is 3. The van der Waals surface area contributed by atoms with Crippen molar-refractivity contribution < 1.29 is 34.4 Å². The van der Waals surface area contributed by atoms with Crippen LogP contribution in [0.1, 0.15) is 168 Å². The van der Waals surface area contributed by atoms with Gasteiger partial charge < -0.3 is 29.6 Å². The number of Topliss-reactive ketones (excluding diaryl/α,β-unsaturated/α-hetero) is 1. The van der Waals surface area contributed by atoms with Gasteiger partial charge in [0.1, 0.15) is 11.9 Å². The van der Waals surface area contributed by atoms with Crippen LogP contribution < -0.4 is 0 Å². The molecule has 0 aromatic rings. The van der Waals surface area contributed by atoms with Gasteiger partial charge in [0.2, 0.25) is 0 Å². The molecule has 0 spiro atoms. The Balaban J connectivity index is 1.42. The van der Waals surface area contributed by atoms with Crippen LogP contribution in [0.25, 0.3) is 0 Å². The highest BCUT2D eigenvalue weighted by atomic mass is 16.6. The maximum absolute atomic E-state index is 11.8. The molecule has 0 aliphatic carbocycles. The lowest BCUT2D eigenvalue weighted by molar-refractivity contribution is -0.145. The summed E-state index contributed by atoms with van der Waals surface area (Å²) in [5.74, 6) is -0.426. The second kappa shape index (κ2) is 22.5. The van der Waals surface area contributed by atoms with Gasteiger partial charge in [-0.2, -0.15) is 0 Å². The van der Waals surface area contributed by atoms with E-state index in [0.717, 1.165) is 70.6 Å². The summed E-state index contributed by atoms with van der Waals surface area (Å²) in [6, 6.07) is 0. The van der Waals surface area contributed by atoms with Crippen LogP contribution in [0.5, 0.6) is 0 Å². The van der Waals surface area contributed by atoms with Gasteiger partial charge in [0, 0.05) is 6.42 Å². The maximum Gasteiger partial charge on any atom is 0.309 e. The van der Waals surface area contributed by atoms with Crippen molar-refractivity contribution in [2.75, 3.05) is 0 Å². The minimum absolute atomic E-state index is 0.0398. The van der Waals surface area contributed by atoms with E-state index in [0.29, 0.717) is 25.7 Å². The summed E-state index contributed by atoms with van der Waals surface area (Å²) >= 11 is 0. The number of esters is 1. The molecule has 3 N–H and O–H groups in total. The lowest BCUT2D eigenvalue weighted by Gasteiger charge is -2.23. The van der Waals surface area contributed by atoms with Crippen LogP contribution in [-0.2, 0) is 19.1 Å². The van der Waals surface area contributed by atoms with Crippen molar-refractivity contribution in [1.29, 1.82) is 0 Å². The number of aliphatic hydroxyl groups is 3. The molecule has 246 valence electrons. The Kier molecular flexibility index (Phi) is 19.9. The highest BCUT2D eigenvalue weighted by molar-refractivity contribution is 5.83. The third-order valence-corrected chi connectivity index (χ3v) is 9.35. The number of ketones is 1. The number of hydrogen-bond acceptors (Lipinski definition) is 7. The first kappa shape index (κ1) is 37.2. The molecule has 7 atom stereocenters. The zero-order valence-electron chi connectivity index (χ0n) is 27.0. The molecule has 0 amide bonds. The molecule has 2 aliphatic rings. The summed E-state index contributed by atoms with van der Waals surface area (Å²) in [7, 11) is 0. The molecule has 2 fully saturated rings. The van der Waals surface area contributed by atoms with Crippen LogP contribution in [-0.4, -0.2) is 63.7 Å². The van der Waals surface area contributed by atoms with E-state index in [1.807, 2.05) is 0 Å². The Bertz CT molecular complexity index is 713. The zero-order valence-corrected chi connectivity index (χ0v) is 27.0. The van der Waals surface area contributed by atoms with Crippen LogP contribution >= 0.6 is 0 Å². The highest BCUT2D eigenvalue weighted by Gasteiger charge is 2.35. The van der Waals surface area contributed by atoms with E-state index in [9.17, 15) is 24.9 Å². The van der Waals surface area contributed by atoms with Crippen LogP contribution in [0.2, 0.25) is 0 Å². The molecule has 2 heterocycles. The van der Waals surface area contributed by atoms with Gasteiger partial charge in [-0.25, -0.2) is 0 Å². The average molecular weight is 597 g/mol. The van der Waals surface area contributed by atoms with Gasteiger partial charge in [0.15, 0.2) is 0 Å². The molecule has 2 rings (SSSR count). The van der Waals surface area contributed by atoms with Crippen molar-refractivity contribution in [2.45, 2.75) is 205 Å². The number of rotatable bonds is 26. The van der Waals surface area contributed by atoms with E-state index in [1.54, 1.807) is 0 Å². The Morgan fingerprint density at radius 3 is 1.86 bits per heavy atom. The van der Waals surface area contributed by atoms with Crippen molar-refractivity contribution in [3.8, 4) is 0 Å². The number of unbranched alkanes of at least 4 members (excludes halogenated alkanes) is 13. The molecule has 0 aromatic heterocycles. The maximum atomic E-state index is 11.8. The molecule has 2 aliphatic heterocycles. The Hall–Kier alpha value is -1.02. The minimum atomic E-state index is -0.589. The molecule has 2 saturated heterocycles. The van der Waals surface area contributed by atoms with Gasteiger partial charge in [-0.15, -0.1) is 0 Å². The van der Waals surface area contributed by atoms with Gasteiger partial charge in [0.05, 0.1) is 36.4 Å². The second-order valence-corrected chi connectivity index (χ2v) is 13.4. The Morgan fingerprint density at radius 2 is 1.26 bits per heavy atom. The van der Waals surface area contributed by atoms with Gasteiger partial charge in [-0.05, 0) is 64.7 Å². The fourth-order valence-corrected chi connectivity index (χ4v) is 6.67. The quantitative estimate of drug-likeness (QED) is 0.0707. The molecule has 7 nitrogen and oxygen atoms in total. The fraction of sp³-hybridized carbons (Fsp3) is 0.943. The predicted molar refractivity (Wildman–Crippen MR) is 167 cm³/mol. The predicted octanol–water partition coefficient (Wildman–Crippen LogP) is 7.35. The van der Waals surface area contributed by atoms with Gasteiger partial charge in [-0.1, -0.05) is 96.8 Å². The largest absolute Gasteiger partial charge is 0.462 e. The standard InChI is InChI=1S/C35H64O7/c1-3-4-5-6-7-8-9-10-14-17-20-31(38)33-23-24-34(42-33)32(39)22-21-29(37)18-15-12-11-13-16-19-30-26-28(25-27(2)36)35(40)41-30/h28-34,37-39H,3-26H2,1-2H3/t28-,29-,30-,31-,32+,33-,34-/m1/s1. The van der Waals surface area contributed by atoms with Crippen molar-refractivity contribution in [3.05, 3.63) is 0 Å². The van der Waals surface area contributed by atoms with E-state index < -0.39 is 18.3 Å². The van der Waals surface area contributed by atoms with E-state index in [1.165, 1.54) is 64.7 Å². The molecule has 7 heteroatoms.